The Bertz CT molecular complexity index is 1240. The molecular weight excluding hydrogens is 462 g/mol. The molecule has 1 heterocycles. The van der Waals surface area contributed by atoms with E-state index in [2.05, 4.69) is 5.10 Å². The predicted octanol–water partition coefficient (Wildman–Crippen LogP) is 4.15. The molecule has 0 spiro atoms. The second-order valence-electron chi connectivity index (χ2n) is 8.07. The van der Waals surface area contributed by atoms with Crippen molar-refractivity contribution < 1.29 is 17.9 Å². The summed E-state index contributed by atoms with van der Waals surface area (Å²) in [6.07, 6.45) is 1.72. The van der Waals surface area contributed by atoms with E-state index in [1.807, 2.05) is 31.2 Å². The van der Waals surface area contributed by atoms with E-state index >= 15 is 0 Å². The van der Waals surface area contributed by atoms with Crippen LogP contribution in [0.3, 0.4) is 0 Å². The van der Waals surface area contributed by atoms with Crippen LogP contribution in [-0.2, 0) is 16.4 Å². The molecular formula is C24H28ClN3O4S. The Morgan fingerprint density at radius 1 is 1.15 bits per heavy atom. The second kappa shape index (κ2) is 10.4. The molecule has 0 unspecified atom stereocenters. The third-order valence-corrected chi connectivity index (χ3v) is 6.71. The molecule has 0 aliphatic rings. The van der Waals surface area contributed by atoms with Crippen LogP contribution in [0.2, 0.25) is 5.15 Å². The molecule has 0 fully saturated rings. The minimum atomic E-state index is -3.29. The summed E-state index contributed by atoms with van der Waals surface area (Å²) in [4.78, 5) is 14.8. The van der Waals surface area contributed by atoms with E-state index in [0.717, 1.165) is 11.8 Å². The Kier molecular flexibility index (Phi) is 7.81. The number of nitrogens with zero attached hydrogens (tertiary/aromatic N) is 3. The van der Waals surface area contributed by atoms with E-state index in [1.54, 1.807) is 35.7 Å². The van der Waals surface area contributed by atoms with Gasteiger partial charge in [-0.25, -0.2) is 13.1 Å². The van der Waals surface area contributed by atoms with Gasteiger partial charge < -0.3 is 9.64 Å². The van der Waals surface area contributed by atoms with E-state index in [1.165, 1.54) is 17.7 Å². The highest BCUT2D eigenvalue weighted by Gasteiger charge is 2.23. The smallest absolute Gasteiger partial charge is 0.258 e. The van der Waals surface area contributed by atoms with Crippen LogP contribution in [0.4, 0.5) is 0 Å². The summed E-state index contributed by atoms with van der Waals surface area (Å²) in [5.41, 5.74) is 3.20. The van der Waals surface area contributed by atoms with Gasteiger partial charge in [-0.05, 0) is 44.0 Å². The Morgan fingerprint density at radius 2 is 1.85 bits per heavy atom. The highest BCUT2D eigenvalue weighted by Crippen LogP contribution is 2.23. The monoisotopic (exact) mass is 489 g/mol. The SMILES string of the molecule is Cc1ccc(Cn2nc(C)c(C(=O)N(C)CCCOc3cccc(S(C)(=O)=O)c3)c2Cl)cc1. The van der Waals surface area contributed by atoms with Crippen LogP contribution >= 0.6 is 11.6 Å². The number of hydrogen-bond acceptors (Lipinski definition) is 5. The van der Waals surface area contributed by atoms with Crippen molar-refractivity contribution in [1.82, 2.24) is 14.7 Å². The number of hydrogen-bond donors (Lipinski definition) is 0. The lowest BCUT2D eigenvalue weighted by Crippen LogP contribution is -2.29. The van der Waals surface area contributed by atoms with Crippen molar-refractivity contribution in [3.63, 3.8) is 0 Å². The number of carbonyl (C=O) groups excluding carboxylic acids is 1. The maximum absolute atomic E-state index is 13.0. The number of aryl methyl sites for hydroxylation is 2. The first-order valence-corrected chi connectivity index (χ1v) is 12.8. The third-order valence-electron chi connectivity index (χ3n) is 5.22. The van der Waals surface area contributed by atoms with Gasteiger partial charge in [0, 0.05) is 19.8 Å². The summed E-state index contributed by atoms with van der Waals surface area (Å²) in [6.45, 7) is 5.07. The minimum absolute atomic E-state index is 0.202. The van der Waals surface area contributed by atoms with Gasteiger partial charge in [-0.2, -0.15) is 5.10 Å². The van der Waals surface area contributed by atoms with E-state index in [9.17, 15) is 13.2 Å². The summed E-state index contributed by atoms with van der Waals surface area (Å²) in [5.74, 6) is 0.273. The Labute approximate surface area is 199 Å². The zero-order valence-electron chi connectivity index (χ0n) is 19.2. The van der Waals surface area contributed by atoms with Gasteiger partial charge in [0.25, 0.3) is 5.91 Å². The lowest BCUT2D eigenvalue weighted by atomic mass is 10.1. The van der Waals surface area contributed by atoms with Gasteiger partial charge in [0.1, 0.15) is 10.9 Å². The minimum Gasteiger partial charge on any atom is -0.493 e. The van der Waals surface area contributed by atoms with E-state index in [-0.39, 0.29) is 10.8 Å². The summed E-state index contributed by atoms with van der Waals surface area (Å²) in [7, 11) is -1.58. The van der Waals surface area contributed by atoms with E-state index in [4.69, 9.17) is 16.3 Å². The van der Waals surface area contributed by atoms with Crippen LogP contribution in [0, 0.1) is 13.8 Å². The lowest BCUT2D eigenvalue weighted by Gasteiger charge is -2.17. The van der Waals surface area contributed by atoms with Crippen molar-refractivity contribution in [2.24, 2.45) is 0 Å². The number of sulfone groups is 1. The second-order valence-corrected chi connectivity index (χ2v) is 10.4. The molecule has 0 aliphatic carbocycles. The fourth-order valence-corrected chi connectivity index (χ4v) is 4.32. The van der Waals surface area contributed by atoms with Gasteiger partial charge in [0.05, 0.1) is 29.3 Å². The molecule has 0 radical (unpaired) electrons. The number of ether oxygens (including phenoxy) is 1. The van der Waals surface area contributed by atoms with Gasteiger partial charge in [-0.1, -0.05) is 47.5 Å². The number of carbonyl (C=O) groups is 1. The van der Waals surface area contributed by atoms with Crippen molar-refractivity contribution in [3.8, 4) is 5.75 Å². The highest BCUT2D eigenvalue weighted by atomic mass is 35.5. The molecule has 2 aromatic carbocycles. The summed E-state index contributed by atoms with van der Waals surface area (Å²) < 4.78 is 30.6. The number of amides is 1. The number of benzene rings is 2. The first kappa shape index (κ1) is 24.8. The maximum Gasteiger partial charge on any atom is 0.258 e. The van der Waals surface area contributed by atoms with Crippen molar-refractivity contribution in [3.05, 3.63) is 76.1 Å². The van der Waals surface area contributed by atoms with Gasteiger partial charge in [-0.15, -0.1) is 0 Å². The molecule has 33 heavy (non-hydrogen) atoms. The molecule has 176 valence electrons. The number of halogens is 1. The highest BCUT2D eigenvalue weighted by molar-refractivity contribution is 7.90. The topological polar surface area (TPSA) is 81.5 Å². The van der Waals surface area contributed by atoms with Crippen molar-refractivity contribution in [2.75, 3.05) is 26.5 Å². The molecule has 0 aliphatic heterocycles. The lowest BCUT2D eigenvalue weighted by molar-refractivity contribution is 0.0787. The van der Waals surface area contributed by atoms with E-state index < -0.39 is 9.84 Å². The predicted molar refractivity (Wildman–Crippen MR) is 129 cm³/mol. The average molecular weight is 490 g/mol. The van der Waals surface area contributed by atoms with Crippen molar-refractivity contribution in [2.45, 2.75) is 31.7 Å². The largest absolute Gasteiger partial charge is 0.493 e. The van der Waals surface area contributed by atoms with Gasteiger partial charge in [-0.3, -0.25) is 4.79 Å². The van der Waals surface area contributed by atoms with Crippen molar-refractivity contribution >= 4 is 27.3 Å². The first-order chi connectivity index (χ1) is 15.6. The van der Waals surface area contributed by atoms with Crippen LogP contribution in [-0.4, -0.2) is 55.5 Å². The fraction of sp³-hybridized carbons (Fsp3) is 0.333. The molecule has 0 bridgehead atoms. The zero-order chi connectivity index (χ0) is 24.2. The third kappa shape index (κ3) is 6.36. The van der Waals surface area contributed by atoms with Crippen LogP contribution in [0.1, 0.15) is 33.6 Å². The van der Waals surface area contributed by atoms with Gasteiger partial charge in [0.15, 0.2) is 9.84 Å². The van der Waals surface area contributed by atoms with Crippen molar-refractivity contribution in [1.29, 1.82) is 0 Å². The quantitative estimate of drug-likeness (QED) is 0.422. The molecule has 0 N–H and O–H groups in total. The Morgan fingerprint density at radius 3 is 2.52 bits per heavy atom. The van der Waals surface area contributed by atoms with Crippen LogP contribution in [0.5, 0.6) is 5.75 Å². The average Bonchev–Trinajstić information content (AvgIpc) is 3.04. The zero-order valence-corrected chi connectivity index (χ0v) is 20.8. The van der Waals surface area contributed by atoms with Crippen LogP contribution in [0.15, 0.2) is 53.4 Å². The molecule has 7 nitrogen and oxygen atoms in total. The van der Waals surface area contributed by atoms with Crippen LogP contribution < -0.4 is 4.74 Å². The summed E-state index contributed by atoms with van der Waals surface area (Å²) >= 11 is 6.52. The molecule has 0 saturated heterocycles. The molecule has 1 amide bonds. The number of aromatic nitrogens is 2. The Hall–Kier alpha value is -2.84. The summed E-state index contributed by atoms with van der Waals surface area (Å²) in [5, 5.41) is 4.78. The van der Waals surface area contributed by atoms with E-state index in [0.29, 0.717) is 48.3 Å². The van der Waals surface area contributed by atoms with Gasteiger partial charge in [0.2, 0.25) is 0 Å². The molecule has 3 aromatic rings. The standard InChI is InChI=1S/C24H28ClN3O4S/c1-17-9-11-19(12-10-17)16-28-23(25)22(18(2)26-28)24(29)27(3)13-6-14-32-20-7-5-8-21(15-20)33(4,30)31/h5,7-12,15H,6,13-14,16H2,1-4H3. The fourth-order valence-electron chi connectivity index (χ4n) is 3.35. The molecule has 0 atom stereocenters. The van der Waals surface area contributed by atoms with Crippen LogP contribution in [0.25, 0.3) is 0 Å². The summed E-state index contributed by atoms with van der Waals surface area (Å²) in [6, 6.07) is 14.5. The molecule has 1 aromatic heterocycles. The maximum atomic E-state index is 13.0. The first-order valence-electron chi connectivity index (χ1n) is 10.5. The Balaban J connectivity index is 1.58. The molecule has 3 rings (SSSR count). The normalized spacial score (nSPS) is 11.4. The number of rotatable bonds is 9. The van der Waals surface area contributed by atoms with Gasteiger partial charge >= 0.3 is 0 Å². The molecule has 0 saturated carbocycles. The molecule has 9 heteroatoms.